The zero-order valence-electron chi connectivity index (χ0n) is 21.7. The number of benzene rings is 2. The van der Waals surface area contributed by atoms with Crippen molar-refractivity contribution in [1.29, 1.82) is 0 Å². The largest absolute Gasteiger partial charge is 0.496 e. The Morgan fingerprint density at radius 1 is 1.22 bits per heavy atom. The summed E-state index contributed by atoms with van der Waals surface area (Å²) in [5.74, 6) is 0.387. The number of halogens is 1. The fraction of sp³-hybridized carbons (Fsp3) is 0.379. The van der Waals surface area contributed by atoms with Crippen LogP contribution in [0.3, 0.4) is 0 Å². The molecule has 196 valence electrons. The lowest BCUT2D eigenvalue weighted by atomic mass is 9.99. The second-order valence-corrected chi connectivity index (χ2v) is 9.73. The number of aliphatic hydroxyl groups is 1. The molecule has 1 aliphatic rings. The number of likely N-dealkylation sites (N-methyl/N-ethyl adjacent to an activating group) is 1. The molecule has 0 radical (unpaired) electrons. The van der Waals surface area contributed by atoms with Gasteiger partial charge in [-0.05, 0) is 43.8 Å². The van der Waals surface area contributed by atoms with Gasteiger partial charge in [0, 0.05) is 42.9 Å². The van der Waals surface area contributed by atoms with Crippen LogP contribution >= 0.6 is 0 Å². The first-order valence-corrected chi connectivity index (χ1v) is 12.5. The summed E-state index contributed by atoms with van der Waals surface area (Å²) in [6.07, 6.45) is 1.40. The number of hydrogen-bond acceptors (Lipinski definition) is 6. The molecule has 3 atom stereocenters. The van der Waals surface area contributed by atoms with E-state index in [1.165, 1.54) is 12.1 Å². The predicted octanol–water partition coefficient (Wildman–Crippen LogP) is 4.25. The minimum Gasteiger partial charge on any atom is -0.496 e. The first-order chi connectivity index (χ1) is 17.8. The highest BCUT2D eigenvalue weighted by molar-refractivity contribution is 5.98. The standard InChI is InChI=1S/C29H34FN3O4/c1-19-15-33(20(2)18-34)29(35)25-13-22(24-10-5-6-11-26(24)36-4)14-31-28(25)37-27(19)17-32(3)16-21-8-7-9-23(30)12-21/h5-14,19-20,27,34H,15-18H2,1-4H3/t19-,20-,27-/m1/s1. The van der Waals surface area contributed by atoms with Crippen LogP contribution in [-0.4, -0.2) is 71.8 Å². The van der Waals surface area contributed by atoms with Crippen LogP contribution in [0.25, 0.3) is 11.1 Å². The zero-order chi connectivity index (χ0) is 26.5. The summed E-state index contributed by atoms with van der Waals surface area (Å²) in [6, 6.07) is 15.5. The van der Waals surface area contributed by atoms with E-state index in [-0.39, 0.29) is 42.3 Å². The fourth-order valence-electron chi connectivity index (χ4n) is 4.67. The topological polar surface area (TPSA) is 75.1 Å². The van der Waals surface area contributed by atoms with E-state index in [0.717, 1.165) is 16.7 Å². The second-order valence-electron chi connectivity index (χ2n) is 9.73. The minimum atomic E-state index is -0.374. The number of pyridine rings is 1. The van der Waals surface area contributed by atoms with Crippen LogP contribution in [0.1, 0.15) is 29.8 Å². The number of aliphatic hydroxyl groups excluding tert-OH is 1. The molecule has 1 aliphatic heterocycles. The summed E-state index contributed by atoms with van der Waals surface area (Å²) in [7, 11) is 3.56. The number of aromatic nitrogens is 1. The number of carbonyl (C=O) groups is 1. The maximum absolute atomic E-state index is 13.7. The maximum atomic E-state index is 13.7. The Labute approximate surface area is 217 Å². The summed E-state index contributed by atoms with van der Waals surface area (Å²) >= 11 is 0. The van der Waals surface area contributed by atoms with Gasteiger partial charge in [0.15, 0.2) is 0 Å². The number of amides is 1. The van der Waals surface area contributed by atoms with Gasteiger partial charge in [-0.1, -0.05) is 37.3 Å². The van der Waals surface area contributed by atoms with Crippen molar-refractivity contribution in [2.45, 2.75) is 32.5 Å². The number of fused-ring (bicyclic) bond motifs is 1. The molecule has 0 saturated carbocycles. The molecule has 0 bridgehead atoms. The van der Waals surface area contributed by atoms with E-state index in [4.69, 9.17) is 9.47 Å². The van der Waals surface area contributed by atoms with Gasteiger partial charge in [0.2, 0.25) is 5.88 Å². The third-order valence-corrected chi connectivity index (χ3v) is 6.77. The molecule has 0 spiro atoms. The van der Waals surface area contributed by atoms with Gasteiger partial charge in [-0.25, -0.2) is 9.37 Å². The Bertz CT molecular complexity index is 1240. The summed E-state index contributed by atoms with van der Waals surface area (Å²) in [4.78, 5) is 22.0. The molecule has 0 unspecified atom stereocenters. The van der Waals surface area contributed by atoms with Crippen LogP contribution in [0.2, 0.25) is 0 Å². The minimum absolute atomic E-state index is 0.0447. The summed E-state index contributed by atoms with van der Waals surface area (Å²) < 4.78 is 25.6. The van der Waals surface area contributed by atoms with Crippen LogP contribution in [0, 0.1) is 11.7 Å². The van der Waals surface area contributed by atoms with E-state index < -0.39 is 0 Å². The van der Waals surface area contributed by atoms with Crippen LogP contribution in [0.4, 0.5) is 4.39 Å². The lowest BCUT2D eigenvalue weighted by Crippen LogP contribution is -2.49. The third-order valence-electron chi connectivity index (χ3n) is 6.77. The lowest BCUT2D eigenvalue weighted by Gasteiger charge is -2.37. The van der Waals surface area contributed by atoms with Gasteiger partial charge in [0.25, 0.3) is 5.91 Å². The van der Waals surface area contributed by atoms with E-state index in [0.29, 0.717) is 30.9 Å². The number of carbonyl (C=O) groups excluding carboxylic acids is 1. The van der Waals surface area contributed by atoms with Crippen molar-refractivity contribution in [3.05, 3.63) is 77.7 Å². The van der Waals surface area contributed by atoms with E-state index in [1.54, 1.807) is 30.3 Å². The van der Waals surface area contributed by atoms with Crippen molar-refractivity contribution in [1.82, 2.24) is 14.8 Å². The summed E-state index contributed by atoms with van der Waals surface area (Å²) in [5.41, 5.74) is 2.76. The Balaban J connectivity index is 1.67. The Kier molecular flexibility index (Phi) is 8.41. The van der Waals surface area contributed by atoms with Crippen molar-refractivity contribution < 1.29 is 23.8 Å². The SMILES string of the molecule is COc1ccccc1-c1cnc2c(c1)C(=O)N([C@H](C)CO)C[C@@H](C)[C@@H](CN(C)Cc1cccc(F)c1)O2. The van der Waals surface area contributed by atoms with Gasteiger partial charge in [0.05, 0.1) is 19.8 Å². The van der Waals surface area contributed by atoms with E-state index in [2.05, 4.69) is 9.88 Å². The van der Waals surface area contributed by atoms with Crippen LogP contribution in [0.15, 0.2) is 60.8 Å². The molecule has 1 amide bonds. The number of nitrogens with zero attached hydrogens (tertiary/aromatic N) is 3. The highest BCUT2D eigenvalue weighted by atomic mass is 19.1. The van der Waals surface area contributed by atoms with E-state index >= 15 is 0 Å². The lowest BCUT2D eigenvalue weighted by molar-refractivity contribution is 0.0325. The van der Waals surface area contributed by atoms with Gasteiger partial charge in [-0.3, -0.25) is 9.69 Å². The molecule has 0 saturated heterocycles. The molecule has 8 heteroatoms. The Morgan fingerprint density at radius 3 is 2.73 bits per heavy atom. The monoisotopic (exact) mass is 507 g/mol. The predicted molar refractivity (Wildman–Crippen MR) is 140 cm³/mol. The van der Waals surface area contributed by atoms with Gasteiger partial charge in [0.1, 0.15) is 23.2 Å². The zero-order valence-corrected chi connectivity index (χ0v) is 21.7. The van der Waals surface area contributed by atoms with Crippen molar-refractivity contribution in [3.63, 3.8) is 0 Å². The molecule has 1 aromatic heterocycles. The van der Waals surface area contributed by atoms with Gasteiger partial charge in [-0.2, -0.15) is 0 Å². The third kappa shape index (κ3) is 6.09. The number of ether oxygens (including phenoxy) is 2. The van der Waals surface area contributed by atoms with Crippen LogP contribution in [0.5, 0.6) is 11.6 Å². The molecule has 4 rings (SSSR count). The number of methoxy groups -OCH3 is 1. The highest BCUT2D eigenvalue weighted by Gasteiger charge is 2.34. The highest BCUT2D eigenvalue weighted by Crippen LogP contribution is 2.34. The van der Waals surface area contributed by atoms with Gasteiger partial charge < -0.3 is 19.5 Å². The number of rotatable bonds is 8. The molecule has 3 aromatic rings. The molecule has 37 heavy (non-hydrogen) atoms. The molecule has 2 aromatic carbocycles. The van der Waals surface area contributed by atoms with E-state index in [9.17, 15) is 14.3 Å². The van der Waals surface area contributed by atoms with Gasteiger partial charge >= 0.3 is 0 Å². The molecule has 0 aliphatic carbocycles. The smallest absolute Gasteiger partial charge is 0.259 e. The molecular weight excluding hydrogens is 473 g/mol. The second kappa shape index (κ2) is 11.7. The molecular formula is C29H34FN3O4. The molecule has 7 nitrogen and oxygen atoms in total. The van der Waals surface area contributed by atoms with Crippen LogP contribution in [-0.2, 0) is 6.54 Å². The van der Waals surface area contributed by atoms with Crippen molar-refractivity contribution >= 4 is 5.91 Å². The molecule has 2 heterocycles. The maximum Gasteiger partial charge on any atom is 0.259 e. The Hall–Kier alpha value is -3.49. The molecule has 1 N–H and O–H groups in total. The quantitative estimate of drug-likeness (QED) is 0.492. The van der Waals surface area contributed by atoms with Crippen LogP contribution < -0.4 is 9.47 Å². The normalized spacial score (nSPS) is 18.6. The molecule has 0 fully saturated rings. The van der Waals surface area contributed by atoms with Crippen molar-refractivity contribution in [2.75, 3.05) is 33.9 Å². The van der Waals surface area contributed by atoms with Gasteiger partial charge in [-0.15, -0.1) is 0 Å². The average molecular weight is 508 g/mol. The number of para-hydroxylation sites is 1. The van der Waals surface area contributed by atoms with Crippen molar-refractivity contribution in [2.24, 2.45) is 5.92 Å². The summed E-state index contributed by atoms with van der Waals surface area (Å²) in [5, 5.41) is 9.90. The first-order valence-electron chi connectivity index (χ1n) is 12.5. The van der Waals surface area contributed by atoms with E-state index in [1.807, 2.05) is 51.2 Å². The first kappa shape index (κ1) is 26.6. The number of hydrogen-bond donors (Lipinski definition) is 1. The van der Waals surface area contributed by atoms with Crippen molar-refractivity contribution in [3.8, 4) is 22.8 Å². The fourth-order valence-corrected chi connectivity index (χ4v) is 4.67. The average Bonchev–Trinajstić information content (AvgIpc) is 2.90. The Morgan fingerprint density at radius 2 is 2.00 bits per heavy atom. The summed E-state index contributed by atoms with van der Waals surface area (Å²) in [6.45, 7) is 5.21.